The number of hydrogen-bond donors (Lipinski definition) is 0. The number of rotatable bonds is 2. The second-order valence-corrected chi connectivity index (χ2v) is 5.06. The van der Waals surface area contributed by atoms with Gasteiger partial charge in [-0.2, -0.15) is 0 Å². The standard InChI is InChI=1S/C12H23NO/c1-10-7-8-13(9-10)11-3-5-12(14-2)6-4-11/h10-12H,3-9H2,1-2H3/t10-,11?,12?/m0/s1. The first-order chi connectivity index (χ1) is 6.79. The molecule has 0 unspecified atom stereocenters. The monoisotopic (exact) mass is 197 g/mol. The van der Waals surface area contributed by atoms with E-state index in [0.29, 0.717) is 6.10 Å². The lowest BCUT2D eigenvalue weighted by Gasteiger charge is -2.34. The zero-order valence-corrected chi connectivity index (χ0v) is 9.54. The minimum Gasteiger partial charge on any atom is -0.381 e. The lowest BCUT2D eigenvalue weighted by molar-refractivity contribution is 0.0431. The van der Waals surface area contributed by atoms with Gasteiger partial charge in [0, 0.05) is 19.7 Å². The molecule has 2 aliphatic rings. The molecule has 0 aromatic carbocycles. The maximum absolute atomic E-state index is 5.40. The molecule has 1 saturated heterocycles. The molecule has 2 nitrogen and oxygen atoms in total. The summed E-state index contributed by atoms with van der Waals surface area (Å²) in [5, 5.41) is 0. The van der Waals surface area contributed by atoms with Crippen molar-refractivity contribution in [2.75, 3.05) is 20.2 Å². The van der Waals surface area contributed by atoms with Crippen LogP contribution in [-0.4, -0.2) is 37.2 Å². The van der Waals surface area contributed by atoms with Gasteiger partial charge in [0.05, 0.1) is 6.10 Å². The quantitative estimate of drug-likeness (QED) is 0.673. The molecule has 0 aromatic heterocycles. The molecule has 0 amide bonds. The third kappa shape index (κ3) is 2.29. The Hall–Kier alpha value is -0.0800. The molecule has 2 fully saturated rings. The average molecular weight is 197 g/mol. The third-order valence-electron chi connectivity index (χ3n) is 3.95. The lowest BCUT2D eigenvalue weighted by atomic mass is 9.92. The predicted molar refractivity (Wildman–Crippen MR) is 58.4 cm³/mol. The molecule has 2 heteroatoms. The molecule has 14 heavy (non-hydrogen) atoms. The summed E-state index contributed by atoms with van der Waals surface area (Å²) in [5.41, 5.74) is 0. The fraction of sp³-hybridized carbons (Fsp3) is 1.00. The van der Waals surface area contributed by atoms with E-state index in [1.807, 2.05) is 7.11 Å². The van der Waals surface area contributed by atoms with Crippen molar-refractivity contribution in [1.29, 1.82) is 0 Å². The van der Waals surface area contributed by atoms with Crippen molar-refractivity contribution >= 4 is 0 Å². The van der Waals surface area contributed by atoms with E-state index in [1.165, 1.54) is 45.2 Å². The molecule has 0 radical (unpaired) electrons. The number of likely N-dealkylation sites (tertiary alicyclic amines) is 1. The predicted octanol–water partition coefficient (Wildman–Crippen LogP) is 2.29. The summed E-state index contributed by atoms with van der Waals surface area (Å²) in [5.74, 6) is 0.926. The molecule has 82 valence electrons. The van der Waals surface area contributed by atoms with Crippen LogP contribution in [-0.2, 0) is 4.74 Å². The lowest BCUT2D eigenvalue weighted by Crippen LogP contribution is -2.37. The molecule has 2 rings (SSSR count). The van der Waals surface area contributed by atoms with Crippen molar-refractivity contribution in [2.45, 2.75) is 51.2 Å². The van der Waals surface area contributed by atoms with E-state index in [-0.39, 0.29) is 0 Å². The van der Waals surface area contributed by atoms with Crippen LogP contribution in [0, 0.1) is 5.92 Å². The van der Waals surface area contributed by atoms with Crippen LogP contribution < -0.4 is 0 Å². The van der Waals surface area contributed by atoms with Crippen molar-refractivity contribution in [3.8, 4) is 0 Å². The first kappa shape index (κ1) is 10.4. The minimum atomic E-state index is 0.547. The summed E-state index contributed by atoms with van der Waals surface area (Å²) < 4.78 is 5.40. The molecule has 0 bridgehead atoms. The highest BCUT2D eigenvalue weighted by Gasteiger charge is 2.29. The third-order valence-corrected chi connectivity index (χ3v) is 3.95. The highest BCUT2D eigenvalue weighted by atomic mass is 16.5. The van der Waals surface area contributed by atoms with E-state index in [2.05, 4.69) is 11.8 Å². The highest BCUT2D eigenvalue weighted by Crippen LogP contribution is 2.28. The van der Waals surface area contributed by atoms with E-state index in [0.717, 1.165) is 12.0 Å². The summed E-state index contributed by atoms with van der Waals surface area (Å²) in [6.45, 7) is 5.05. The Morgan fingerprint density at radius 2 is 1.79 bits per heavy atom. The van der Waals surface area contributed by atoms with Crippen LogP contribution in [0.2, 0.25) is 0 Å². The Labute approximate surface area is 87.6 Å². The van der Waals surface area contributed by atoms with Gasteiger partial charge in [-0.15, -0.1) is 0 Å². The molecular formula is C12H23NO. The molecule has 1 aliphatic heterocycles. The van der Waals surface area contributed by atoms with Crippen LogP contribution in [0.3, 0.4) is 0 Å². The topological polar surface area (TPSA) is 12.5 Å². The van der Waals surface area contributed by atoms with Gasteiger partial charge in [-0.05, 0) is 44.6 Å². The minimum absolute atomic E-state index is 0.547. The van der Waals surface area contributed by atoms with Crippen molar-refractivity contribution in [3.05, 3.63) is 0 Å². The number of nitrogens with zero attached hydrogens (tertiary/aromatic N) is 1. The van der Waals surface area contributed by atoms with Crippen LogP contribution in [0.1, 0.15) is 39.0 Å². The summed E-state index contributed by atoms with van der Waals surface area (Å²) in [7, 11) is 1.85. The largest absolute Gasteiger partial charge is 0.381 e. The van der Waals surface area contributed by atoms with Crippen molar-refractivity contribution in [3.63, 3.8) is 0 Å². The average Bonchev–Trinajstić information content (AvgIpc) is 2.65. The Balaban J connectivity index is 1.78. The summed E-state index contributed by atoms with van der Waals surface area (Å²) in [4.78, 5) is 2.70. The van der Waals surface area contributed by atoms with Gasteiger partial charge in [0.15, 0.2) is 0 Å². The van der Waals surface area contributed by atoms with Crippen LogP contribution in [0.25, 0.3) is 0 Å². The Morgan fingerprint density at radius 3 is 2.29 bits per heavy atom. The van der Waals surface area contributed by atoms with E-state index < -0.39 is 0 Å². The first-order valence-electron chi connectivity index (χ1n) is 6.06. The SMILES string of the molecule is COC1CCC(N2CC[C@H](C)C2)CC1. The molecule has 0 spiro atoms. The number of ether oxygens (including phenoxy) is 1. The van der Waals surface area contributed by atoms with Crippen LogP contribution in [0.15, 0.2) is 0 Å². The van der Waals surface area contributed by atoms with Gasteiger partial charge in [-0.1, -0.05) is 6.92 Å². The van der Waals surface area contributed by atoms with Gasteiger partial charge in [0.25, 0.3) is 0 Å². The molecule has 1 heterocycles. The van der Waals surface area contributed by atoms with E-state index in [1.54, 1.807) is 0 Å². The van der Waals surface area contributed by atoms with E-state index >= 15 is 0 Å². The zero-order chi connectivity index (χ0) is 9.97. The summed E-state index contributed by atoms with van der Waals surface area (Å²) >= 11 is 0. The van der Waals surface area contributed by atoms with Crippen molar-refractivity contribution < 1.29 is 4.74 Å². The maximum atomic E-state index is 5.40. The van der Waals surface area contributed by atoms with Crippen LogP contribution in [0.5, 0.6) is 0 Å². The maximum Gasteiger partial charge on any atom is 0.0572 e. The van der Waals surface area contributed by atoms with Crippen molar-refractivity contribution in [1.82, 2.24) is 4.90 Å². The molecular weight excluding hydrogens is 174 g/mol. The van der Waals surface area contributed by atoms with Gasteiger partial charge < -0.3 is 9.64 Å². The summed E-state index contributed by atoms with van der Waals surface area (Å²) in [6.07, 6.45) is 7.20. The molecule has 0 N–H and O–H groups in total. The fourth-order valence-electron chi connectivity index (χ4n) is 2.95. The van der Waals surface area contributed by atoms with Gasteiger partial charge >= 0.3 is 0 Å². The van der Waals surface area contributed by atoms with Crippen LogP contribution in [0.4, 0.5) is 0 Å². The molecule has 1 atom stereocenters. The molecule has 1 saturated carbocycles. The van der Waals surface area contributed by atoms with E-state index in [9.17, 15) is 0 Å². The Kier molecular flexibility index (Phi) is 3.45. The number of methoxy groups -OCH3 is 1. The second kappa shape index (κ2) is 4.63. The fourth-order valence-corrected chi connectivity index (χ4v) is 2.95. The Bertz CT molecular complexity index is 175. The normalized spacial score (nSPS) is 40.3. The smallest absolute Gasteiger partial charge is 0.0572 e. The summed E-state index contributed by atoms with van der Waals surface area (Å²) in [6, 6.07) is 0.867. The first-order valence-corrected chi connectivity index (χ1v) is 6.06. The van der Waals surface area contributed by atoms with Gasteiger partial charge in [-0.25, -0.2) is 0 Å². The number of hydrogen-bond acceptors (Lipinski definition) is 2. The van der Waals surface area contributed by atoms with Crippen LogP contribution >= 0.6 is 0 Å². The molecule has 1 aliphatic carbocycles. The highest BCUT2D eigenvalue weighted by molar-refractivity contribution is 4.84. The van der Waals surface area contributed by atoms with Gasteiger partial charge in [-0.3, -0.25) is 0 Å². The van der Waals surface area contributed by atoms with Gasteiger partial charge in [0.2, 0.25) is 0 Å². The second-order valence-electron chi connectivity index (χ2n) is 5.06. The van der Waals surface area contributed by atoms with E-state index in [4.69, 9.17) is 4.74 Å². The molecule has 0 aromatic rings. The van der Waals surface area contributed by atoms with Gasteiger partial charge in [0.1, 0.15) is 0 Å². The van der Waals surface area contributed by atoms with Crippen molar-refractivity contribution in [2.24, 2.45) is 5.92 Å². The Morgan fingerprint density at radius 1 is 1.07 bits per heavy atom. The zero-order valence-electron chi connectivity index (χ0n) is 9.54.